The van der Waals surface area contributed by atoms with Crippen LogP contribution in [0.3, 0.4) is 0 Å². The van der Waals surface area contributed by atoms with Gasteiger partial charge in [0.1, 0.15) is 5.82 Å². The number of nitrogens with one attached hydrogen (secondary N) is 1. The molecule has 0 bridgehead atoms. The van der Waals surface area contributed by atoms with Crippen molar-refractivity contribution < 1.29 is 0 Å². The number of aromatic nitrogens is 2. The predicted molar refractivity (Wildman–Crippen MR) is 62.1 cm³/mol. The van der Waals surface area contributed by atoms with Crippen molar-refractivity contribution in [1.82, 2.24) is 9.97 Å². The van der Waals surface area contributed by atoms with Crippen LogP contribution in [-0.2, 0) is 0 Å². The molecule has 1 fully saturated rings. The summed E-state index contributed by atoms with van der Waals surface area (Å²) in [6, 6.07) is 0. The molecule has 1 heterocycles. The van der Waals surface area contributed by atoms with Crippen molar-refractivity contribution in [1.29, 1.82) is 0 Å². The second kappa shape index (κ2) is 5.31. The van der Waals surface area contributed by atoms with Gasteiger partial charge in [0, 0.05) is 24.3 Å². The van der Waals surface area contributed by atoms with Gasteiger partial charge in [0.2, 0.25) is 0 Å². The standard InChI is InChI=1S/C11H16ClN3/c12-10-3-1-9(2-4-10)7-15-11-8-13-5-6-14-11/h5-6,8-10H,1-4,7H2,(H,14,15). The Morgan fingerprint density at radius 3 is 2.73 bits per heavy atom. The van der Waals surface area contributed by atoms with Crippen LogP contribution in [0.2, 0.25) is 0 Å². The lowest BCUT2D eigenvalue weighted by molar-refractivity contribution is 0.377. The average Bonchev–Trinajstić information content (AvgIpc) is 2.30. The zero-order chi connectivity index (χ0) is 10.5. The lowest BCUT2D eigenvalue weighted by Gasteiger charge is -2.25. The van der Waals surface area contributed by atoms with E-state index in [2.05, 4.69) is 15.3 Å². The molecule has 4 heteroatoms. The van der Waals surface area contributed by atoms with E-state index in [9.17, 15) is 0 Å². The molecule has 0 saturated heterocycles. The van der Waals surface area contributed by atoms with Gasteiger partial charge >= 0.3 is 0 Å². The zero-order valence-electron chi connectivity index (χ0n) is 8.69. The number of nitrogens with zero attached hydrogens (tertiary/aromatic N) is 2. The zero-order valence-corrected chi connectivity index (χ0v) is 9.45. The van der Waals surface area contributed by atoms with Crippen molar-refractivity contribution in [3.63, 3.8) is 0 Å². The fourth-order valence-electron chi connectivity index (χ4n) is 1.97. The molecule has 82 valence electrons. The van der Waals surface area contributed by atoms with Crippen LogP contribution in [0, 0.1) is 5.92 Å². The molecule has 0 unspecified atom stereocenters. The number of hydrogen-bond donors (Lipinski definition) is 1. The molecular formula is C11H16ClN3. The smallest absolute Gasteiger partial charge is 0.144 e. The van der Waals surface area contributed by atoms with Crippen LogP contribution in [-0.4, -0.2) is 21.9 Å². The molecule has 1 N–H and O–H groups in total. The van der Waals surface area contributed by atoms with E-state index in [4.69, 9.17) is 11.6 Å². The Labute approximate surface area is 95.3 Å². The van der Waals surface area contributed by atoms with Crippen LogP contribution < -0.4 is 5.32 Å². The van der Waals surface area contributed by atoms with E-state index in [0.29, 0.717) is 5.38 Å². The van der Waals surface area contributed by atoms with E-state index in [1.165, 1.54) is 12.8 Å². The average molecular weight is 226 g/mol. The van der Waals surface area contributed by atoms with Crippen LogP contribution in [0.25, 0.3) is 0 Å². The summed E-state index contributed by atoms with van der Waals surface area (Å²) < 4.78 is 0. The van der Waals surface area contributed by atoms with Crippen molar-refractivity contribution in [2.24, 2.45) is 5.92 Å². The minimum absolute atomic E-state index is 0.401. The number of hydrogen-bond acceptors (Lipinski definition) is 3. The van der Waals surface area contributed by atoms with Gasteiger partial charge in [-0.1, -0.05) is 0 Å². The number of halogens is 1. The van der Waals surface area contributed by atoms with Gasteiger partial charge in [-0.25, -0.2) is 4.98 Å². The van der Waals surface area contributed by atoms with Crippen molar-refractivity contribution in [2.75, 3.05) is 11.9 Å². The van der Waals surface area contributed by atoms with E-state index in [1.54, 1.807) is 18.6 Å². The molecule has 1 saturated carbocycles. The molecule has 0 spiro atoms. The highest BCUT2D eigenvalue weighted by Gasteiger charge is 2.18. The highest BCUT2D eigenvalue weighted by molar-refractivity contribution is 6.20. The third-order valence-corrected chi connectivity index (χ3v) is 3.35. The van der Waals surface area contributed by atoms with Crippen LogP contribution >= 0.6 is 11.6 Å². The van der Waals surface area contributed by atoms with Gasteiger partial charge in [-0.2, -0.15) is 0 Å². The van der Waals surface area contributed by atoms with Gasteiger partial charge in [0.05, 0.1) is 6.20 Å². The summed E-state index contributed by atoms with van der Waals surface area (Å²) >= 11 is 6.06. The second-order valence-corrected chi connectivity index (χ2v) is 4.71. The van der Waals surface area contributed by atoms with Gasteiger partial charge in [-0.05, 0) is 31.6 Å². The summed E-state index contributed by atoms with van der Waals surface area (Å²) in [4.78, 5) is 8.19. The van der Waals surface area contributed by atoms with E-state index in [0.717, 1.165) is 31.1 Å². The summed E-state index contributed by atoms with van der Waals surface area (Å²) in [6.07, 6.45) is 9.89. The monoisotopic (exact) mass is 225 g/mol. The molecule has 0 amide bonds. The molecule has 1 aliphatic carbocycles. The van der Waals surface area contributed by atoms with Crippen LogP contribution in [0.4, 0.5) is 5.82 Å². The first-order valence-electron chi connectivity index (χ1n) is 5.48. The molecule has 3 nitrogen and oxygen atoms in total. The molecule has 1 aliphatic rings. The van der Waals surface area contributed by atoms with Gasteiger partial charge in [-0.3, -0.25) is 4.98 Å². The van der Waals surface area contributed by atoms with Crippen molar-refractivity contribution in [2.45, 2.75) is 31.1 Å². The highest BCUT2D eigenvalue weighted by Crippen LogP contribution is 2.27. The third kappa shape index (κ3) is 3.34. The molecule has 2 rings (SSSR count). The second-order valence-electron chi connectivity index (χ2n) is 4.09. The van der Waals surface area contributed by atoms with Gasteiger partial charge in [0.15, 0.2) is 0 Å². The van der Waals surface area contributed by atoms with Crippen LogP contribution in [0.1, 0.15) is 25.7 Å². The molecule has 1 aromatic rings. The molecular weight excluding hydrogens is 210 g/mol. The third-order valence-electron chi connectivity index (χ3n) is 2.91. The summed E-state index contributed by atoms with van der Waals surface area (Å²) in [5, 5.41) is 3.71. The first kappa shape index (κ1) is 10.7. The number of anilines is 1. The Morgan fingerprint density at radius 2 is 2.07 bits per heavy atom. The van der Waals surface area contributed by atoms with Crippen molar-refractivity contribution in [3.8, 4) is 0 Å². The fraction of sp³-hybridized carbons (Fsp3) is 0.636. The Kier molecular flexibility index (Phi) is 3.78. The summed E-state index contributed by atoms with van der Waals surface area (Å²) in [5.41, 5.74) is 0. The Bertz CT molecular complexity index is 283. The topological polar surface area (TPSA) is 37.8 Å². The molecule has 1 aromatic heterocycles. The SMILES string of the molecule is ClC1CCC(CNc2cnccn2)CC1. The van der Waals surface area contributed by atoms with E-state index < -0.39 is 0 Å². The maximum Gasteiger partial charge on any atom is 0.144 e. The highest BCUT2D eigenvalue weighted by atomic mass is 35.5. The first-order valence-corrected chi connectivity index (χ1v) is 5.92. The quantitative estimate of drug-likeness (QED) is 0.804. The minimum atomic E-state index is 0.401. The Hall–Kier alpha value is -0.830. The molecule has 15 heavy (non-hydrogen) atoms. The van der Waals surface area contributed by atoms with E-state index >= 15 is 0 Å². The van der Waals surface area contributed by atoms with Gasteiger partial charge in [0.25, 0.3) is 0 Å². The maximum atomic E-state index is 6.06. The normalized spacial score (nSPS) is 26.2. The molecule has 0 radical (unpaired) electrons. The minimum Gasteiger partial charge on any atom is -0.369 e. The Morgan fingerprint density at radius 1 is 1.27 bits per heavy atom. The summed E-state index contributed by atoms with van der Waals surface area (Å²) in [6.45, 7) is 0.988. The lowest BCUT2D eigenvalue weighted by atomic mass is 9.89. The molecule has 0 aromatic carbocycles. The van der Waals surface area contributed by atoms with Gasteiger partial charge in [-0.15, -0.1) is 11.6 Å². The van der Waals surface area contributed by atoms with Gasteiger partial charge < -0.3 is 5.32 Å². The van der Waals surface area contributed by atoms with Crippen LogP contribution in [0.5, 0.6) is 0 Å². The van der Waals surface area contributed by atoms with E-state index in [1.807, 2.05) is 0 Å². The lowest BCUT2D eigenvalue weighted by Crippen LogP contribution is -2.21. The fourth-order valence-corrected chi connectivity index (χ4v) is 2.22. The maximum absolute atomic E-state index is 6.06. The van der Waals surface area contributed by atoms with E-state index in [-0.39, 0.29) is 0 Å². The largest absolute Gasteiger partial charge is 0.369 e. The Balaban J connectivity index is 1.74. The number of rotatable bonds is 3. The summed E-state index contributed by atoms with van der Waals surface area (Å²) in [5.74, 6) is 1.60. The molecule has 0 aliphatic heterocycles. The van der Waals surface area contributed by atoms with Crippen molar-refractivity contribution in [3.05, 3.63) is 18.6 Å². The number of alkyl halides is 1. The predicted octanol–water partition coefficient (Wildman–Crippen LogP) is 2.69. The van der Waals surface area contributed by atoms with Crippen LogP contribution in [0.15, 0.2) is 18.6 Å². The van der Waals surface area contributed by atoms with Crippen molar-refractivity contribution >= 4 is 17.4 Å². The molecule has 0 atom stereocenters. The first-order chi connectivity index (χ1) is 7.34. The summed E-state index contributed by atoms with van der Waals surface area (Å²) in [7, 11) is 0.